The first kappa shape index (κ1) is 20.5. The number of guanidine groups is 1. The van der Waals surface area contributed by atoms with Crippen LogP contribution in [0, 0.1) is 0 Å². The average molecular weight is 456 g/mol. The minimum atomic E-state index is 0. The number of hydrogen-bond donors (Lipinski definition) is 2. The summed E-state index contributed by atoms with van der Waals surface area (Å²) >= 11 is 0. The number of aliphatic imine (C=N–C) groups is 1. The normalized spacial score (nSPS) is 19.9. The van der Waals surface area contributed by atoms with Crippen molar-refractivity contribution in [2.24, 2.45) is 4.99 Å². The molecule has 0 spiro atoms. The minimum Gasteiger partial charge on any atom is -0.357 e. The lowest BCUT2D eigenvalue weighted by molar-refractivity contribution is 0.247. The Morgan fingerprint density at radius 1 is 1.24 bits per heavy atom. The quantitative estimate of drug-likeness (QED) is 0.358. The lowest BCUT2D eigenvalue weighted by Gasteiger charge is -2.25. The zero-order valence-electron chi connectivity index (χ0n) is 15.8. The predicted molar refractivity (Wildman–Crippen MR) is 117 cm³/mol. The summed E-state index contributed by atoms with van der Waals surface area (Å²) < 4.78 is 0. The Kier molecular flexibility index (Phi) is 7.55. The van der Waals surface area contributed by atoms with Gasteiger partial charge in [-0.05, 0) is 52.1 Å². The summed E-state index contributed by atoms with van der Waals surface area (Å²) in [5.41, 5.74) is 1.71. The molecule has 1 aromatic rings. The van der Waals surface area contributed by atoms with Crippen LogP contribution in [0.1, 0.15) is 45.1 Å². The van der Waals surface area contributed by atoms with Crippen molar-refractivity contribution < 1.29 is 0 Å². The molecule has 2 aliphatic carbocycles. The summed E-state index contributed by atoms with van der Waals surface area (Å²) in [7, 11) is 2.24. The van der Waals surface area contributed by atoms with E-state index in [2.05, 4.69) is 66.8 Å². The van der Waals surface area contributed by atoms with Gasteiger partial charge >= 0.3 is 0 Å². The van der Waals surface area contributed by atoms with Gasteiger partial charge in [0.25, 0.3) is 0 Å². The Balaban J connectivity index is 0.00000225. The fourth-order valence-corrected chi connectivity index (χ4v) is 3.28. The third-order valence-electron chi connectivity index (χ3n) is 5.51. The first-order valence-corrected chi connectivity index (χ1v) is 9.44. The molecule has 0 amide bonds. The highest BCUT2D eigenvalue weighted by Gasteiger charge is 2.44. The monoisotopic (exact) mass is 456 g/mol. The van der Waals surface area contributed by atoms with Crippen LogP contribution in [0.4, 0.5) is 0 Å². The molecule has 5 heteroatoms. The van der Waals surface area contributed by atoms with Gasteiger partial charge in [0.15, 0.2) is 5.96 Å². The Morgan fingerprint density at radius 2 is 1.92 bits per heavy atom. The van der Waals surface area contributed by atoms with E-state index in [0.29, 0.717) is 6.04 Å². The SMILES string of the molecule is CCNC(=NCC1(c2ccccc2)CC1)NCC(C)N(C)C1CC1.I. The van der Waals surface area contributed by atoms with Gasteiger partial charge in [0.2, 0.25) is 0 Å². The van der Waals surface area contributed by atoms with E-state index in [0.717, 1.165) is 31.6 Å². The van der Waals surface area contributed by atoms with Crippen LogP contribution < -0.4 is 10.6 Å². The van der Waals surface area contributed by atoms with Crippen molar-refractivity contribution in [2.45, 2.75) is 57.0 Å². The molecule has 3 rings (SSSR count). The standard InChI is InChI=1S/C20H32N4.HI/c1-4-21-19(22-14-16(2)24(3)18-10-11-18)23-15-20(12-13-20)17-8-6-5-7-9-17;/h5-9,16,18H,4,10-15H2,1-3H3,(H2,21,22,23);1H. The Labute approximate surface area is 169 Å². The van der Waals surface area contributed by atoms with E-state index in [1.807, 2.05) is 0 Å². The molecule has 2 fully saturated rings. The highest BCUT2D eigenvalue weighted by molar-refractivity contribution is 14.0. The van der Waals surface area contributed by atoms with Gasteiger partial charge in [-0.1, -0.05) is 30.3 Å². The van der Waals surface area contributed by atoms with Gasteiger partial charge in [-0.25, -0.2) is 0 Å². The molecule has 1 unspecified atom stereocenters. The first-order chi connectivity index (χ1) is 11.6. The number of halogens is 1. The van der Waals surface area contributed by atoms with Crippen LogP contribution >= 0.6 is 24.0 Å². The second kappa shape index (κ2) is 9.21. The lowest BCUT2D eigenvalue weighted by atomic mass is 9.96. The van der Waals surface area contributed by atoms with Crippen LogP contribution in [-0.4, -0.2) is 49.6 Å². The molecule has 0 radical (unpaired) electrons. The molecule has 4 nitrogen and oxygen atoms in total. The van der Waals surface area contributed by atoms with Crippen LogP contribution in [0.25, 0.3) is 0 Å². The molecule has 2 aliphatic rings. The van der Waals surface area contributed by atoms with Gasteiger partial charge in [0.05, 0.1) is 6.54 Å². The van der Waals surface area contributed by atoms with E-state index in [-0.39, 0.29) is 29.4 Å². The summed E-state index contributed by atoms with van der Waals surface area (Å²) in [4.78, 5) is 7.38. The maximum absolute atomic E-state index is 4.89. The molecular weight excluding hydrogens is 423 g/mol. The number of nitrogens with zero attached hydrogens (tertiary/aromatic N) is 2. The van der Waals surface area contributed by atoms with Gasteiger partial charge < -0.3 is 10.6 Å². The average Bonchev–Trinajstić information content (AvgIpc) is 3.51. The predicted octanol–water partition coefficient (Wildman–Crippen LogP) is 3.37. The zero-order valence-corrected chi connectivity index (χ0v) is 18.1. The number of benzene rings is 1. The maximum Gasteiger partial charge on any atom is 0.191 e. The topological polar surface area (TPSA) is 39.7 Å². The van der Waals surface area contributed by atoms with Crippen molar-refractivity contribution in [2.75, 3.05) is 26.7 Å². The van der Waals surface area contributed by atoms with Crippen molar-refractivity contribution >= 4 is 29.9 Å². The fraction of sp³-hybridized carbons (Fsp3) is 0.650. The largest absolute Gasteiger partial charge is 0.357 e. The molecular formula is C20H33IN4. The Bertz CT molecular complexity index is 552. The number of hydrogen-bond acceptors (Lipinski definition) is 2. The lowest BCUT2D eigenvalue weighted by Crippen LogP contribution is -2.45. The molecule has 0 saturated heterocycles. The maximum atomic E-state index is 4.89. The van der Waals surface area contributed by atoms with E-state index in [1.165, 1.54) is 31.2 Å². The molecule has 0 aromatic heterocycles. The highest BCUT2D eigenvalue weighted by Crippen LogP contribution is 2.48. The summed E-state index contributed by atoms with van der Waals surface area (Å²) in [5, 5.41) is 6.93. The molecule has 1 aromatic carbocycles. The highest BCUT2D eigenvalue weighted by atomic mass is 127. The van der Waals surface area contributed by atoms with E-state index in [4.69, 9.17) is 4.99 Å². The summed E-state index contributed by atoms with van der Waals surface area (Å²) in [5.74, 6) is 0.954. The minimum absolute atomic E-state index is 0. The Hall–Kier alpha value is -0.820. The van der Waals surface area contributed by atoms with Crippen molar-refractivity contribution in [3.05, 3.63) is 35.9 Å². The molecule has 25 heavy (non-hydrogen) atoms. The van der Waals surface area contributed by atoms with Crippen LogP contribution in [0.5, 0.6) is 0 Å². The van der Waals surface area contributed by atoms with Crippen molar-refractivity contribution in [1.29, 1.82) is 0 Å². The van der Waals surface area contributed by atoms with Gasteiger partial charge in [0, 0.05) is 30.6 Å². The van der Waals surface area contributed by atoms with Crippen LogP contribution in [0.2, 0.25) is 0 Å². The van der Waals surface area contributed by atoms with E-state index in [1.54, 1.807) is 0 Å². The van der Waals surface area contributed by atoms with Crippen molar-refractivity contribution in [3.8, 4) is 0 Å². The van der Waals surface area contributed by atoms with E-state index in [9.17, 15) is 0 Å². The van der Waals surface area contributed by atoms with E-state index >= 15 is 0 Å². The molecule has 0 heterocycles. The smallest absolute Gasteiger partial charge is 0.191 e. The summed E-state index contributed by atoms with van der Waals surface area (Å²) in [6.45, 7) is 7.13. The molecule has 2 N–H and O–H groups in total. The third-order valence-corrected chi connectivity index (χ3v) is 5.51. The molecule has 0 aliphatic heterocycles. The summed E-state index contributed by atoms with van der Waals surface area (Å²) in [6.07, 6.45) is 5.21. The van der Waals surface area contributed by atoms with Gasteiger partial charge in [-0.3, -0.25) is 9.89 Å². The molecule has 140 valence electrons. The van der Waals surface area contributed by atoms with Gasteiger partial charge in [0.1, 0.15) is 0 Å². The van der Waals surface area contributed by atoms with Gasteiger partial charge in [-0.15, -0.1) is 24.0 Å². The molecule has 2 saturated carbocycles. The van der Waals surface area contributed by atoms with Crippen molar-refractivity contribution in [1.82, 2.24) is 15.5 Å². The van der Waals surface area contributed by atoms with Gasteiger partial charge in [-0.2, -0.15) is 0 Å². The summed E-state index contributed by atoms with van der Waals surface area (Å²) in [6, 6.07) is 12.2. The third kappa shape index (κ3) is 5.58. The van der Waals surface area contributed by atoms with Crippen LogP contribution in [-0.2, 0) is 5.41 Å². The number of likely N-dealkylation sites (N-methyl/N-ethyl adjacent to an activating group) is 1. The number of rotatable bonds is 8. The second-order valence-corrected chi connectivity index (χ2v) is 7.47. The zero-order chi connectivity index (χ0) is 17.0. The Morgan fingerprint density at radius 3 is 2.48 bits per heavy atom. The van der Waals surface area contributed by atoms with Crippen LogP contribution in [0.3, 0.4) is 0 Å². The molecule has 1 atom stereocenters. The first-order valence-electron chi connectivity index (χ1n) is 9.44. The van der Waals surface area contributed by atoms with Crippen molar-refractivity contribution in [3.63, 3.8) is 0 Å². The van der Waals surface area contributed by atoms with E-state index < -0.39 is 0 Å². The second-order valence-electron chi connectivity index (χ2n) is 7.47. The molecule has 0 bridgehead atoms. The van der Waals surface area contributed by atoms with Crippen LogP contribution in [0.15, 0.2) is 35.3 Å². The number of nitrogens with one attached hydrogen (secondary N) is 2. The fourth-order valence-electron chi connectivity index (χ4n) is 3.28.